The molecule has 0 bridgehead atoms. The molecule has 1 atom stereocenters. The fourth-order valence-corrected chi connectivity index (χ4v) is 2.66. The molecule has 0 saturated heterocycles. The minimum atomic E-state index is 0.102. The third-order valence-electron chi connectivity index (χ3n) is 3.95. The first-order chi connectivity index (χ1) is 9.79. The topological polar surface area (TPSA) is 35.2 Å². The zero-order valence-electron chi connectivity index (χ0n) is 14.8. The minimum absolute atomic E-state index is 0.102. The number of ether oxygens (including phenoxy) is 1. The molecule has 2 nitrogen and oxygen atoms in total. The standard InChI is InChI=1S/C19H33NO/c1-7-16(20)11-9-10-15-12-14(3)13-17(19(4,5)6)18(15)21-8-2/h12-13,16H,7-11,20H2,1-6H3. The summed E-state index contributed by atoms with van der Waals surface area (Å²) in [5.41, 5.74) is 10.1. The maximum absolute atomic E-state index is 6.03. The highest BCUT2D eigenvalue weighted by Gasteiger charge is 2.22. The second-order valence-electron chi connectivity index (χ2n) is 7.04. The monoisotopic (exact) mass is 291 g/mol. The first-order valence-corrected chi connectivity index (χ1v) is 8.32. The Labute approximate surface area is 131 Å². The fourth-order valence-electron chi connectivity index (χ4n) is 2.66. The van der Waals surface area contributed by atoms with E-state index in [9.17, 15) is 0 Å². The van der Waals surface area contributed by atoms with E-state index >= 15 is 0 Å². The van der Waals surface area contributed by atoms with E-state index in [-0.39, 0.29) is 5.41 Å². The predicted octanol–water partition coefficient (Wildman–Crippen LogP) is 4.75. The van der Waals surface area contributed by atoms with Crippen molar-refractivity contribution in [2.75, 3.05) is 6.61 Å². The third-order valence-corrected chi connectivity index (χ3v) is 3.95. The molecule has 0 radical (unpaired) electrons. The Morgan fingerprint density at radius 1 is 1.19 bits per heavy atom. The summed E-state index contributed by atoms with van der Waals surface area (Å²) in [7, 11) is 0. The van der Waals surface area contributed by atoms with E-state index in [1.54, 1.807) is 0 Å². The molecule has 2 heteroatoms. The van der Waals surface area contributed by atoms with E-state index in [4.69, 9.17) is 10.5 Å². The number of rotatable bonds is 7. The number of benzene rings is 1. The summed E-state index contributed by atoms with van der Waals surface area (Å²) in [6, 6.07) is 4.87. The van der Waals surface area contributed by atoms with E-state index < -0.39 is 0 Å². The van der Waals surface area contributed by atoms with Crippen molar-refractivity contribution in [3.63, 3.8) is 0 Å². The molecule has 1 aromatic rings. The van der Waals surface area contributed by atoms with E-state index in [2.05, 4.69) is 53.7 Å². The third kappa shape index (κ3) is 5.35. The number of hydrogen-bond acceptors (Lipinski definition) is 2. The van der Waals surface area contributed by atoms with Gasteiger partial charge < -0.3 is 10.5 Å². The molecule has 21 heavy (non-hydrogen) atoms. The van der Waals surface area contributed by atoms with Crippen LogP contribution in [0.3, 0.4) is 0 Å². The summed E-state index contributed by atoms with van der Waals surface area (Å²) in [4.78, 5) is 0. The normalized spacial score (nSPS) is 13.3. The highest BCUT2D eigenvalue weighted by molar-refractivity contribution is 5.48. The SMILES string of the molecule is CCOc1c(CCCC(N)CC)cc(C)cc1C(C)(C)C. The van der Waals surface area contributed by atoms with Gasteiger partial charge in [-0.3, -0.25) is 0 Å². The van der Waals surface area contributed by atoms with Crippen molar-refractivity contribution in [3.8, 4) is 5.75 Å². The molecule has 0 aliphatic heterocycles. The molecule has 0 fully saturated rings. The Kier molecular flexibility index (Phi) is 6.73. The van der Waals surface area contributed by atoms with Crippen LogP contribution in [0.5, 0.6) is 5.75 Å². The van der Waals surface area contributed by atoms with E-state index in [0.717, 1.165) is 31.4 Å². The van der Waals surface area contributed by atoms with Crippen molar-refractivity contribution >= 4 is 0 Å². The molecule has 0 heterocycles. The summed E-state index contributed by atoms with van der Waals surface area (Å²) < 4.78 is 6.00. The van der Waals surface area contributed by atoms with Crippen LogP contribution >= 0.6 is 0 Å². The van der Waals surface area contributed by atoms with Crippen molar-refractivity contribution in [1.29, 1.82) is 0 Å². The van der Waals surface area contributed by atoms with Crippen LogP contribution < -0.4 is 10.5 Å². The number of nitrogens with two attached hydrogens (primary N) is 1. The van der Waals surface area contributed by atoms with Gasteiger partial charge in [0.25, 0.3) is 0 Å². The molecule has 0 aliphatic rings. The molecule has 0 amide bonds. The number of aryl methyl sites for hydroxylation is 2. The first kappa shape index (κ1) is 18.0. The quantitative estimate of drug-likeness (QED) is 0.786. The number of hydrogen-bond donors (Lipinski definition) is 1. The van der Waals surface area contributed by atoms with Crippen LogP contribution in [0, 0.1) is 6.92 Å². The van der Waals surface area contributed by atoms with Gasteiger partial charge in [-0.2, -0.15) is 0 Å². The summed E-state index contributed by atoms with van der Waals surface area (Å²) in [5.74, 6) is 1.10. The fraction of sp³-hybridized carbons (Fsp3) is 0.684. The summed E-state index contributed by atoms with van der Waals surface area (Å²) >= 11 is 0. The lowest BCUT2D eigenvalue weighted by molar-refractivity contribution is 0.325. The summed E-state index contributed by atoms with van der Waals surface area (Å²) in [5, 5.41) is 0. The highest BCUT2D eigenvalue weighted by Crippen LogP contribution is 2.36. The van der Waals surface area contributed by atoms with Crippen LogP contribution in [-0.2, 0) is 11.8 Å². The lowest BCUT2D eigenvalue weighted by atomic mass is 9.83. The predicted molar refractivity (Wildman–Crippen MR) is 92.3 cm³/mol. The van der Waals surface area contributed by atoms with Crippen molar-refractivity contribution in [1.82, 2.24) is 0 Å². The van der Waals surface area contributed by atoms with Crippen molar-refractivity contribution in [3.05, 3.63) is 28.8 Å². The highest BCUT2D eigenvalue weighted by atomic mass is 16.5. The Bertz CT molecular complexity index is 446. The molecule has 0 saturated carbocycles. The summed E-state index contributed by atoms with van der Waals surface area (Å²) in [6.07, 6.45) is 4.32. The maximum atomic E-state index is 6.03. The van der Waals surface area contributed by atoms with Crippen LogP contribution in [0.4, 0.5) is 0 Å². The van der Waals surface area contributed by atoms with Gasteiger partial charge in [0.1, 0.15) is 5.75 Å². The molecule has 1 rings (SSSR count). The van der Waals surface area contributed by atoms with Crippen molar-refractivity contribution in [2.45, 2.75) is 78.7 Å². The maximum Gasteiger partial charge on any atom is 0.126 e. The smallest absolute Gasteiger partial charge is 0.126 e. The van der Waals surface area contributed by atoms with Crippen LogP contribution in [-0.4, -0.2) is 12.6 Å². The Morgan fingerprint density at radius 2 is 1.86 bits per heavy atom. The van der Waals surface area contributed by atoms with Gasteiger partial charge in [0.15, 0.2) is 0 Å². The molecule has 1 unspecified atom stereocenters. The Morgan fingerprint density at radius 3 is 2.38 bits per heavy atom. The molecule has 0 aliphatic carbocycles. The van der Waals surface area contributed by atoms with Crippen LogP contribution in [0.1, 0.15) is 70.6 Å². The molecule has 1 aromatic carbocycles. The van der Waals surface area contributed by atoms with Gasteiger partial charge in [0.05, 0.1) is 6.61 Å². The van der Waals surface area contributed by atoms with Gasteiger partial charge >= 0.3 is 0 Å². The van der Waals surface area contributed by atoms with Crippen LogP contribution in [0.2, 0.25) is 0 Å². The first-order valence-electron chi connectivity index (χ1n) is 8.32. The van der Waals surface area contributed by atoms with Gasteiger partial charge in [-0.15, -0.1) is 0 Å². The van der Waals surface area contributed by atoms with Gasteiger partial charge in [-0.25, -0.2) is 0 Å². The Hall–Kier alpha value is -1.02. The molecular weight excluding hydrogens is 258 g/mol. The van der Waals surface area contributed by atoms with E-state index in [1.165, 1.54) is 16.7 Å². The lowest BCUT2D eigenvalue weighted by Crippen LogP contribution is -2.18. The molecule has 120 valence electrons. The zero-order valence-corrected chi connectivity index (χ0v) is 14.8. The second-order valence-corrected chi connectivity index (χ2v) is 7.04. The largest absolute Gasteiger partial charge is 0.493 e. The molecule has 0 spiro atoms. The van der Waals surface area contributed by atoms with E-state index in [0.29, 0.717) is 12.6 Å². The van der Waals surface area contributed by atoms with Crippen molar-refractivity contribution in [2.24, 2.45) is 5.73 Å². The van der Waals surface area contributed by atoms with Gasteiger partial charge in [-0.05, 0) is 50.5 Å². The zero-order chi connectivity index (χ0) is 16.0. The van der Waals surface area contributed by atoms with Crippen LogP contribution in [0.25, 0.3) is 0 Å². The lowest BCUT2D eigenvalue weighted by Gasteiger charge is -2.25. The average Bonchev–Trinajstić information content (AvgIpc) is 2.39. The summed E-state index contributed by atoms with van der Waals surface area (Å²) in [6.45, 7) is 13.9. The minimum Gasteiger partial charge on any atom is -0.493 e. The van der Waals surface area contributed by atoms with Gasteiger partial charge in [0, 0.05) is 11.6 Å². The second kappa shape index (κ2) is 7.84. The van der Waals surface area contributed by atoms with Crippen LogP contribution in [0.15, 0.2) is 12.1 Å². The molecule has 2 N–H and O–H groups in total. The van der Waals surface area contributed by atoms with Gasteiger partial charge in [0.2, 0.25) is 0 Å². The van der Waals surface area contributed by atoms with Gasteiger partial charge in [-0.1, -0.05) is 45.4 Å². The average molecular weight is 291 g/mol. The molecule has 0 aromatic heterocycles. The van der Waals surface area contributed by atoms with Crippen molar-refractivity contribution < 1.29 is 4.74 Å². The Balaban J connectivity index is 3.03. The molecular formula is C19H33NO. The van der Waals surface area contributed by atoms with E-state index in [1.807, 2.05) is 0 Å².